The van der Waals surface area contributed by atoms with Crippen molar-refractivity contribution >= 4 is 5.97 Å². The van der Waals surface area contributed by atoms with Gasteiger partial charge in [-0.15, -0.1) is 0 Å². The summed E-state index contributed by atoms with van der Waals surface area (Å²) < 4.78 is 0. The summed E-state index contributed by atoms with van der Waals surface area (Å²) in [4.78, 5) is 13.4. The molecule has 106 valence electrons. The van der Waals surface area contributed by atoms with Crippen molar-refractivity contribution in [2.45, 2.75) is 33.6 Å². The number of carbonyl (C=O) groups is 1. The minimum Gasteiger partial charge on any atom is -0.478 e. The normalized spacial score (nSPS) is 11.8. The Morgan fingerprint density at radius 1 is 1.21 bits per heavy atom. The van der Waals surface area contributed by atoms with Gasteiger partial charge >= 0.3 is 5.97 Å². The average molecular weight is 263 g/mol. The van der Waals surface area contributed by atoms with Gasteiger partial charge in [-0.1, -0.05) is 39.0 Å². The van der Waals surface area contributed by atoms with Gasteiger partial charge < -0.3 is 10.0 Å². The van der Waals surface area contributed by atoms with Gasteiger partial charge in [0, 0.05) is 6.54 Å². The molecule has 3 nitrogen and oxygen atoms in total. The van der Waals surface area contributed by atoms with Gasteiger partial charge in [-0.05, 0) is 43.5 Å². The van der Waals surface area contributed by atoms with Crippen molar-refractivity contribution in [2.75, 3.05) is 20.1 Å². The minimum absolute atomic E-state index is 0.341. The van der Waals surface area contributed by atoms with Crippen LogP contribution in [0.3, 0.4) is 0 Å². The van der Waals surface area contributed by atoms with Crippen molar-refractivity contribution < 1.29 is 9.90 Å². The fourth-order valence-electron chi connectivity index (χ4n) is 1.90. The lowest BCUT2D eigenvalue weighted by Crippen LogP contribution is -2.26. The Balaban J connectivity index is 2.51. The molecule has 0 unspecified atom stereocenters. The van der Waals surface area contributed by atoms with E-state index >= 15 is 0 Å². The van der Waals surface area contributed by atoms with Crippen LogP contribution in [0.25, 0.3) is 0 Å². The third kappa shape index (κ3) is 5.88. The van der Waals surface area contributed by atoms with Gasteiger partial charge in [0.2, 0.25) is 0 Å². The number of hydrogen-bond donors (Lipinski definition) is 1. The molecule has 1 N–H and O–H groups in total. The highest BCUT2D eigenvalue weighted by Crippen LogP contribution is 2.18. The van der Waals surface area contributed by atoms with Crippen LogP contribution in [0.1, 0.15) is 43.1 Å². The van der Waals surface area contributed by atoms with E-state index < -0.39 is 5.97 Å². The Hall–Kier alpha value is -1.35. The van der Waals surface area contributed by atoms with Gasteiger partial charge in [-0.2, -0.15) is 0 Å². The third-order valence-corrected chi connectivity index (χ3v) is 3.25. The molecule has 0 aliphatic rings. The molecule has 0 spiro atoms. The molecule has 0 aliphatic carbocycles. The summed E-state index contributed by atoms with van der Waals surface area (Å²) >= 11 is 0. The second-order valence-electron chi connectivity index (χ2n) is 6.33. The molecule has 1 aromatic carbocycles. The lowest BCUT2D eigenvalue weighted by molar-refractivity contribution is 0.0695. The second-order valence-corrected chi connectivity index (χ2v) is 6.33. The van der Waals surface area contributed by atoms with Gasteiger partial charge in [0.15, 0.2) is 0 Å². The molecule has 1 aromatic rings. The van der Waals surface area contributed by atoms with E-state index in [0.717, 1.165) is 31.5 Å². The van der Waals surface area contributed by atoms with Crippen LogP contribution in [0.2, 0.25) is 0 Å². The summed E-state index contributed by atoms with van der Waals surface area (Å²) in [6.45, 7) is 8.64. The van der Waals surface area contributed by atoms with Crippen LogP contribution in [-0.2, 0) is 6.42 Å². The zero-order valence-electron chi connectivity index (χ0n) is 12.4. The van der Waals surface area contributed by atoms with E-state index in [4.69, 9.17) is 5.11 Å². The maximum atomic E-state index is 11.1. The van der Waals surface area contributed by atoms with E-state index in [1.54, 1.807) is 12.1 Å². The summed E-state index contributed by atoms with van der Waals surface area (Å²) in [5.41, 5.74) is 1.68. The van der Waals surface area contributed by atoms with Crippen molar-refractivity contribution in [2.24, 2.45) is 5.41 Å². The first-order valence-corrected chi connectivity index (χ1v) is 6.79. The van der Waals surface area contributed by atoms with E-state index in [-0.39, 0.29) is 0 Å². The van der Waals surface area contributed by atoms with E-state index in [2.05, 4.69) is 32.7 Å². The Morgan fingerprint density at radius 3 is 2.42 bits per heavy atom. The highest BCUT2D eigenvalue weighted by atomic mass is 16.4. The Bertz CT molecular complexity index is 421. The molecule has 0 saturated heterocycles. The van der Waals surface area contributed by atoms with Gasteiger partial charge in [0.1, 0.15) is 0 Å². The van der Waals surface area contributed by atoms with Gasteiger partial charge in [0.05, 0.1) is 5.56 Å². The molecule has 0 atom stereocenters. The summed E-state index contributed by atoms with van der Waals surface area (Å²) in [6, 6.07) is 7.25. The van der Waals surface area contributed by atoms with E-state index in [1.165, 1.54) is 0 Å². The SMILES string of the molecule is CN(CCc1ccccc1C(=O)O)CCC(C)(C)C. The number of rotatable bonds is 6. The quantitative estimate of drug-likeness (QED) is 0.856. The van der Waals surface area contributed by atoms with Gasteiger partial charge in [-0.3, -0.25) is 0 Å². The first-order chi connectivity index (χ1) is 8.79. The Morgan fingerprint density at radius 2 is 1.84 bits per heavy atom. The maximum absolute atomic E-state index is 11.1. The van der Waals surface area contributed by atoms with Crippen molar-refractivity contribution in [1.82, 2.24) is 4.90 Å². The van der Waals surface area contributed by atoms with E-state index in [1.807, 2.05) is 12.1 Å². The van der Waals surface area contributed by atoms with Crippen LogP contribution in [-0.4, -0.2) is 36.1 Å². The monoisotopic (exact) mass is 263 g/mol. The lowest BCUT2D eigenvalue weighted by Gasteiger charge is -2.23. The van der Waals surface area contributed by atoms with Crippen molar-refractivity contribution in [3.63, 3.8) is 0 Å². The van der Waals surface area contributed by atoms with Crippen LogP contribution >= 0.6 is 0 Å². The third-order valence-electron chi connectivity index (χ3n) is 3.25. The molecule has 0 bridgehead atoms. The van der Waals surface area contributed by atoms with Gasteiger partial charge in [0.25, 0.3) is 0 Å². The number of aromatic carboxylic acids is 1. The number of nitrogens with zero attached hydrogens (tertiary/aromatic N) is 1. The second kappa shape index (κ2) is 6.71. The Kier molecular flexibility index (Phi) is 5.55. The minimum atomic E-state index is -0.840. The number of likely N-dealkylation sites (N-methyl/N-ethyl adjacent to an activating group) is 1. The molecule has 0 heterocycles. The highest BCUT2D eigenvalue weighted by Gasteiger charge is 2.12. The highest BCUT2D eigenvalue weighted by molar-refractivity contribution is 5.89. The number of carboxylic acid groups (broad SMARTS) is 1. The number of hydrogen-bond acceptors (Lipinski definition) is 2. The smallest absolute Gasteiger partial charge is 0.335 e. The fraction of sp³-hybridized carbons (Fsp3) is 0.562. The summed E-state index contributed by atoms with van der Waals surface area (Å²) in [7, 11) is 2.09. The van der Waals surface area contributed by atoms with Crippen LogP contribution in [0.15, 0.2) is 24.3 Å². The molecule has 0 aliphatic heterocycles. The summed E-state index contributed by atoms with van der Waals surface area (Å²) in [5.74, 6) is -0.840. The molecular formula is C16H25NO2. The standard InChI is InChI=1S/C16H25NO2/c1-16(2,3)10-12-17(4)11-9-13-7-5-6-8-14(13)15(18)19/h5-8H,9-12H2,1-4H3,(H,18,19). The first-order valence-electron chi connectivity index (χ1n) is 6.79. The molecule has 3 heteroatoms. The predicted octanol–water partition coefficient (Wildman–Crippen LogP) is 3.30. The van der Waals surface area contributed by atoms with Crippen LogP contribution in [0, 0.1) is 5.41 Å². The van der Waals surface area contributed by atoms with Crippen LogP contribution < -0.4 is 0 Å². The zero-order valence-corrected chi connectivity index (χ0v) is 12.4. The molecule has 0 fully saturated rings. The summed E-state index contributed by atoms with van der Waals surface area (Å²) in [6.07, 6.45) is 1.92. The molecule has 0 radical (unpaired) electrons. The lowest BCUT2D eigenvalue weighted by atomic mass is 9.92. The zero-order chi connectivity index (χ0) is 14.5. The Labute approximate surface area is 116 Å². The van der Waals surface area contributed by atoms with E-state index in [9.17, 15) is 4.79 Å². The van der Waals surface area contributed by atoms with E-state index in [0.29, 0.717) is 11.0 Å². The van der Waals surface area contributed by atoms with Crippen LogP contribution in [0.5, 0.6) is 0 Å². The molecular weight excluding hydrogens is 238 g/mol. The number of benzene rings is 1. The first kappa shape index (κ1) is 15.7. The maximum Gasteiger partial charge on any atom is 0.335 e. The molecule has 0 aromatic heterocycles. The topological polar surface area (TPSA) is 40.5 Å². The molecule has 0 saturated carbocycles. The van der Waals surface area contributed by atoms with Crippen LogP contribution in [0.4, 0.5) is 0 Å². The number of carboxylic acids is 1. The molecule has 19 heavy (non-hydrogen) atoms. The largest absolute Gasteiger partial charge is 0.478 e. The van der Waals surface area contributed by atoms with Crippen molar-refractivity contribution in [3.8, 4) is 0 Å². The average Bonchev–Trinajstić information content (AvgIpc) is 2.33. The fourth-order valence-corrected chi connectivity index (χ4v) is 1.90. The molecule has 0 amide bonds. The van der Waals surface area contributed by atoms with Crippen molar-refractivity contribution in [1.29, 1.82) is 0 Å². The van der Waals surface area contributed by atoms with Crippen molar-refractivity contribution in [3.05, 3.63) is 35.4 Å². The predicted molar refractivity (Wildman–Crippen MR) is 78.7 cm³/mol. The summed E-state index contributed by atoms with van der Waals surface area (Å²) in [5, 5.41) is 9.13. The van der Waals surface area contributed by atoms with Gasteiger partial charge in [-0.25, -0.2) is 4.79 Å². The molecule has 1 rings (SSSR count).